The smallest absolute Gasteiger partial charge is 0.303 e. The number of carbonyl (C=O) groups excluding carboxylic acids is 2. The fourth-order valence-corrected chi connectivity index (χ4v) is 9.21. The Morgan fingerprint density at radius 3 is 2.45 bits per heavy atom. The van der Waals surface area contributed by atoms with Crippen molar-refractivity contribution in [3.05, 3.63) is 59.7 Å². The van der Waals surface area contributed by atoms with Gasteiger partial charge in [-0.2, -0.15) is 0 Å². The number of hydrogen-bond donors (Lipinski definition) is 4. The zero-order valence-electron chi connectivity index (χ0n) is 22.8. The van der Waals surface area contributed by atoms with Crippen LogP contribution in [0.4, 0.5) is 0 Å². The summed E-state index contributed by atoms with van der Waals surface area (Å²) in [6.45, 7) is 9.67. The van der Waals surface area contributed by atoms with Gasteiger partial charge in [0, 0.05) is 36.7 Å². The zero-order valence-corrected chi connectivity index (χ0v) is 23.6. The summed E-state index contributed by atoms with van der Waals surface area (Å²) >= 11 is 6.88. The lowest BCUT2D eigenvalue weighted by Crippen LogP contribution is -2.73. The van der Waals surface area contributed by atoms with Crippen molar-refractivity contribution in [1.82, 2.24) is 0 Å². The molecule has 3 bridgehead atoms. The molecule has 2 saturated carbocycles. The quantitative estimate of drug-likeness (QED) is 0.240. The monoisotopic (exact) mass is 574 g/mol. The molecule has 6 rings (SSSR count). The molecule has 1 aromatic rings. The maximum atomic E-state index is 13.7. The van der Waals surface area contributed by atoms with Gasteiger partial charge in [0.05, 0.1) is 12.7 Å². The maximum absolute atomic E-state index is 13.7. The molecule has 0 radical (unpaired) electrons. The van der Waals surface area contributed by atoms with E-state index in [0.717, 1.165) is 0 Å². The molecule has 9 nitrogen and oxygen atoms in total. The van der Waals surface area contributed by atoms with Crippen molar-refractivity contribution in [2.24, 2.45) is 23.2 Å². The Hall–Kier alpha value is -2.11. The number of ketones is 1. The molecule has 1 unspecified atom stereocenters. The molecule has 12 atom stereocenters. The number of fused-ring (bicyclic) bond motifs is 2. The van der Waals surface area contributed by atoms with E-state index in [2.05, 4.69) is 6.58 Å². The molecular formula is C30H35ClO9. The van der Waals surface area contributed by atoms with Gasteiger partial charge in [0.15, 0.2) is 22.8 Å². The Morgan fingerprint density at radius 2 is 1.88 bits per heavy atom. The average molecular weight is 575 g/mol. The second kappa shape index (κ2) is 8.47. The number of aliphatic hydroxyl groups excluding tert-OH is 3. The van der Waals surface area contributed by atoms with Gasteiger partial charge in [-0.05, 0) is 30.4 Å². The topological polar surface area (TPSA) is 143 Å². The van der Waals surface area contributed by atoms with Crippen molar-refractivity contribution in [1.29, 1.82) is 0 Å². The van der Waals surface area contributed by atoms with E-state index in [1.54, 1.807) is 19.9 Å². The van der Waals surface area contributed by atoms with Gasteiger partial charge in [-0.3, -0.25) is 9.59 Å². The van der Waals surface area contributed by atoms with Gasteiger partial charge in [-0.1, -0.05) is 49.9 Å². The maximum Gasteiger partial charge on any atom is 0.303 e. The summed E-state index contributed by atoms with van der Waals surface area (Å²) in [6, 6.07) is 9.18. The van der Waals surface area contributed by atoms with Crippen LogP contribution in [0, 0.1) is 23.2 Å². The highest BCUT2D eigenvalue weighted by Gasteiger charge is 2.85. The van der Waals surface area contributed by atoms with Crippen LogP contribution in [-0.2, 0) is 29.6 Å². The number of esters is 1. The first-order valence-electron chi connectivity index (χ1n) is 13.6. The number of ether oxygens (including phenoxy) is 3. The Bertz CT molecular complexity index is 1330. The highest BCUT2D eigenvalue weighted by Crippen LogP contribution is 2.75. The molecule has 4 N–H and O–H groups in total. The summed E-state index contributed by atoms with van der Waals surface area (Å²) in [5.41, 5.74) is -3.87. The fourth-order valence-electron chi connectivity index (χ4n) is 8.90. The van der Waals surface area contributed by atoms with Crippen LogP contribution in [-0.4, -0.2) is 79.3 Å². The van der Waals surface area contributed by atoms with Crippen molar-refractivity contribution in [2.45, 2.75) is 80.4 Å². The SMILES string of the molecule is C=C(C)[C@@]12OC3(c4ccccc4)C[C@@]4([C@H]([C@H]1O3)[C@H](O)[C@](Cl)(CO)[C@@H](O)[C@]1(O)C(=O)C(C)=C[C@H]14)[C@H](C)[C@H]2OC(C)=O. The molecule has 2 heterocycles. The first-order valence-corrected chi connectivity index (χ1v) is 13.9. The van der Waals surface area contributed by atoms with Crippen LogP contribution in [0.25, 0.3) is 0 Å². The van der Waals surface area contributed by atoms with Crippen LogP contribution in [0.15, 0.2) is 54.1 Å². The van der Waals surface area contributed by atoms with Crippen LogP contribution in [0.3, 0.4) is 0 Å². The summed E-state index contributed by atoms with van der Waals surface area (Å²) in [4.78, 5) is 24.0. The largest absolute Gasteiger partial charge is 0.459 e. The normalized spacial score (nSPS) is 50.6. The van der Waals surface area contributed by atoms with Crippen LogP contribution < -0.4 is 0 Å². The molecule has 0 aromatic heterocycles. The second-order valence-electron chi connectivity index (χ2n) is 12.4. The van der Waals surface area contributed by atoms with Crippen LogP contribution in [0.1, 0.15) is 39.7 Å². The third-order valence-corrected chi connectivity index (χ3v) is 11.1. The lowest BCUT2D eigenvalue weighted by Gasteiger charge is -2.63. The van der Waals surface area contributed by atoms with E-state index >= 15 is 0 Å². The predicted octanol–water partition coefficient (Wildman–Crippen LogP) is 1.74. The van der Waals surface area contributed by atoms with E-state index in [4.69, 9.17) is 25.8 Å². The van der Waals surface area contributed by atoms with Crippen molar-refractivity contribution in [2.75, 3.05) is 6.61 Å². The first kappa shape index (κ1) is 28.0. The van der Waals surface area contributed by atoms with E-state index in [-0.39, 0.29) is 12.0 Å². The molecule has 0 amide bonds. The standard InChI is InChI=1S/C30H35ClO9/c1-14(2)30-23(38-17(5)33)16(4)26-12-28(40-30,18-9-7-6-8-10-18)39-24(30)20(26)22(35)27(31,13-32)25(36)29(37)19(26)11-15(3)21(29)34/h6-11,16,19-20,22-25,32,35-37H,1,12-13H2,2-5H3/t16-,19+,20+,22+,23-,24-,25-,26-,27-,28?,29-,30+/m1/s1. The van der Waals surface area contributed by atoms with E-state index in [0.29, 0.717) is 11.1 Å². The summed E-state index contributed by atoms with van der Waals surface area (Å²) in [7, 11) is 0. The number of halogens is 1. The zero-order chi connectivity index (χ0) is 29.2. The molecule has 216 valence electrons. The minimum atomic E-state index is -2.49. The highest BCUT2D eigenvalue weighted by atomic mass is 35.5. The molecule has 4 fully saturated rings. The molecular weight excluding hydrogens is 540 g/mol. The first-order chi connectivity index (χ1) is 18.7. The molecule has 3 aliphatic carbocycles. The van der Waals surface area contributed by atoms with Gasteiger partial charge >= 0.3 is 5.97 Å². The Kier molecular flexibility index (Phi) is 5.94. The average Bonchev–Trinajstić information content (AvgIpc) is 3.31. The lowest BCUT2D eigenvalue weighted by atomic mass is 9.45. The Morgan fingerprint density at radius 1 is 1.23 bits per heavy atom. The van der Waals surface area contributed by atoms with Gasteiger partial charge in [0.25, 0.3) is 0 Å². The van der Waals surface area contributed by atoms with Gasteiger partial charge in [0.2, 0.25) is 0 Å². The molecule has 1 aromatic carbocycles. The summed E-state index contributed by atoms with van der Waals surface area (Å²) < 4.78 is 19.7. The molecule has 10 heteroatoms. The van der Waals surface area contributed by atoms with Gasteiger partial charge < -0.3 is 34.6 Å². The van der Waals surface area contributed by atoms with E-state index < -0.39 is 87.8 Å². The Labute approximate surface area is 237 Å². The number of benzene rings is 1. The summed E-state index contributed by atoms with van der Waals surface area (Å²) in [6.07, 6.45) is -4.12. The van der Waals surface area contributed by atoms with Crippen molar-refractivity contribution in [3.8, 4) is 0 Å². The van der Waals surface area contributed by atoms with E-state index in [1.807, 2.05) is 37.3 Å². The minimum absolute atomic E-state index is 0.0192. The van der Waals surface area contributed by atoms with Crippen LogP contribution in [0.5, 0.6) is 0 Å². The third-order valence-electron chi connectivity index (χ3n) is 10.6. The number of alkyl halides is 1. The van der Waals surface area contributed by atoms with Gasteiger partial charge in [0.1, 0.15) is 23.2 Å². The number of carbonyl (C=O) groups is 2. The van der Waals surface area contributed by atoms with Crippen molar-refractivity contribution < 1.29 is 44.2 Å². The molecule has 2 saturated heterocycles. The van der Waals surface area contributed by atoms with Gasteiger partial charge in [-0.15, -0.1) is 11.6 Å². The fraction of sp³-hybridized carbons (Fsp3) is 0.600. The number of aliphatic hydroxyl groups is 4. The second-order valence-corrected chi connectivity index (χ2v) is 13.1. The molecule has 5 aliphatic rings. The highest BCUT2D eigenvalue weighted by molar-refractivity contribution is 6.25. The summed E-state index contributed by atoms with van der Waals surface area (Å²) in [5.74, 6) is -5.52. The molecule has 0 spiro atoms. The van der Waals surface area contributed by atoms with E-state index in [9.17, 15) is 30.0 Å². The minimum Gasteiger partial charge on any atom is -0.459 e. The third kappa shape index (κ3) is 2.94. The lowest BCUT2D eigenvalue weighted by molar-refractivity contribution is -0.281. The van der Waals surface area contributed by atoms with E-state index in [1.165, 1.54) is 6.92 Å². The molecule has 2 aliphatic heterocycles. The molecule has 40 heavy (non-hydrogen) atoms. The number of Topliss-reactive ketones (excluding diaryl/α,β-unsaturated/α-hetero) is 1. The van der Waals surface area contributed by atoms with Gasteiger partial charge in [-0.25, -0.2) is 0 Å². The van der Waals surface area contributed by atoms with Crippen LogP contribution in [0.2, 0.25) is 0 Å². The summed E-state index contributed by atoms with van der Waals surface area (Å²) in [5, 5.41) is 46.6. The van der Waals surface area contributed by atoms with Crippen LogP contribution >= 0.6 is 11.6 Å². The predicted molar refractivity (Wildman–Crippen MR) is 142 cm³/mol. The van der Waals surface area contributed by atoms with Crippen molar-refractivity contribution >= 4 is 23.4 Å². The number of hydrogen-bond acceptors (Lipinski definition) is 9. The van der Waals surface area contributed by atoms with Crippen molar-refractivity contribution in [3.63, 3.8) is 0 Å². The Balaban J connectivity index is 1.73. The number of rotatable bonds is 4.